The summed E-state index contributed by atoms with van der Waals surface area (Å²) in [5.74, 6) is 0. The molecule has 2 rings (SSSR count). The van der Waals surface area contributed by atoms with E-state index in [0.29, 0.717) is 22.0 Å². The number of nitro groups is 1. The summed E-state index contributed by atoms with van der Waals surface area (Å²) in [6, 6.07) is 11.1. The molecule has 0 atom stereocenters. The van der Waals surface area contributed by atoms with Gasteiger partial charge in [-0.1, -0.05) is 11.6 Å². The Bertz CT molecular complexity index is 725. The SMILES string of the molecule is N#Cc1ccc(Cl)cc1Nc1ccc([N+](=O)[O-])c(N)c1. The van der Waals surface area contributed by atoms with Gasteiger partial charge in [0.1, 0.15) is 11.8 Å². The van der Waals surface area contributed by atoms with E-state index < -0.39 is 4.92 Å². The van der Waals surface area contributed by atoms with Crippen molar-refractivity contribution in [2.45, 2.75) is 0 Å². The molecule has 0 radical (unpaired) electrons. The number of nitro benzene ring substituents is 1. The van der Waals surface area contributed by atoms with Crippen molar-refractivity contribution in [2.24, 2.45) is 0 Å². The lowest BCUT2D eigenvalue weighted by Crippen LogP contribution is -1.98. The number of hydrogen-bond acceptors (Lipinski definition) is 5. The molecule has 7 heteroatoms. The van der Waals surface area contributed by atoms with E-state index in [-0.39, 0.29) is 11.4 Å². The molecule has 0 heterocycles. The van der Waals surface area contributed by atoms with Crippen LogP contribution in [0.1, 0.15) is 5.56 Å². The molecule has 0 amide bonds. The van der Waals surface area contributed by atoms with Crippen LogP contribution in [0, 0.1) is 21.4 Å². The highest BCUT2D eigenvalue weighted by Gasteiger charge is 2.12. The van der Waals surface area contributed by atoms with Gasteiger partial charge in [0.2, 0.25) is 0 Å². The quantitative estimate of drug-likeness (QED) is 0.511. The molecule has 0 aromatic heterocycles. The summed E-state index contributed by atoms with van der Waals surface area (Å²) in [6.45, 7) is 0. The predicted octanol–water partition coefficient (Wildman–Crippen LogP) is 3.45. The minimum absolute atomic E-state index is 0.0422. The lowest BCUT2D eigenvalue weighted by atomic mass is 10.1. The summed E-state index contributed by atoms with van der Waals surface area (Å²) in [6.07, 6.45) is 0. The van der Waals surface area contributed by atoms with E-state index in [4.69, 9.17) is 22.6 Å². The Hall–Kier alpha value is -2.78. The molecule has 0 bridgehead atoms. The monoisotopic (exact) mass is 288 g/mol. The van der Waals surface area contributed by atoms with E-state index in [1.54, 1.807) is 18.2 Å². The van der Waals surface area contributed by atoms with Gasteiger partial charge in [0.15, 0.2) is 0 Å². The summed E-state index contributed by atoms with van der Waals surface area (Å²) in [5, 5.41) is 23.1. The van der Waals surface area contributed by atoms with E-state index in [2.05, 4.69) is 5.32 Å². The van der Waals surface area contributed by atoms with E-state index in [1.807, 2.05) is 6.07 Å². The number of nitriles is 1. The second-order valence-electron chi connectivity index (χ2n) is 3.96. The number of nitrogen functional groups attached to an aromatic ring is 1. The maximum absolute atomic E-state index is 10.7. The van der Waals surface area contributed by atoms with Crippen LogP contribution in [0.5, 0.6) is 0 Å². The smallest absolute Gasteiger partial charge is 0.292 e. The maximum atomic E-state index is 10.7. The zero-order valence-electron chi connectivity index (χ0n) is 10.1. The van der Waals surface area contributed by atoms with Crippen molar-refractivity contribution in [2.75, 3.05) is 11.1 Å². The van der Waals surface area contributed by atoms with E-state index >= 15 is 0 Å². The zero-order valence-corrected chi connectivity index (χ0v) is 10.9. The first-order valence-electron chi connectivity index (χ1n) is 5.52. The first-order chi connectivity index (χ1) is 9.51. The van der Waals surface area contributed by atoms with Crippen molar-refractivity contribution in [1.29, 1.82) is 5.26 Å². The van der Waals surface area contributed by atoms with Gasteiger partial charge in [-0.2, -0.15) is 5.26 Å². The van der Waals surface area contributed by atoms with Gasteiger partial charge in [-0.3, -0.25) is 10.1 Å². The molecule has 6 nitrogen and oxygen atoms in total. The number of rotatable bonds is 3. The van der Waals surface area contributed by atoms with E-state index in [1.165, 1.54) is 18.2 Å². The Morgan fingerprint density at radius 1 is 1.30 bits per heavy atom. The Labute approximate surface area is 119 Å². The third-order valence-corrected chi connectivity index (χ3v) is 2.84. The fraction of sp³-hybridized carbons (Fsp3) is 0. The number of nitrogens with two attached hydrogens (primary N) is 1. The van der Waals surface area contributed by atoms with Crippen LogP contribution < -0.4 is 11.1 Å². The van der Waals surface area contributed by atoms with Crippen molar-refractivity contribution in [1.82, 2.24) is 0 Å². The van der Waals surface area contributed by atoms with Crippen molar-refractivity contribution in [3.63, 3.8) is 0 Å². The molecule has 0 fully saturated rings. The molecule has 2 aromatic carbocycles. The number of halogens is 1. The molecule has 0 aliphatic rings. The highest BCUT2D eigenvalue weighted by atomic mass is 35.5. The summed E-state index contributed by atoms with van der Waals surface area (Å²) < 4.78 is 0. The number of nitrogens with zero attached hydrogens (tertiary/aromatic N) is 2. The van der Waals surface area contributed by atoms with Crippen LogP contribution in [0.15, 0.2) is 36.4 Å². The Morgan fingerprint density at radius 2 is 2.05 bits per heavy atom. The van der Waals surface area contributed by atoms with Crippen LogP contribution in [-0.2, 0) is 0 Å². The minimum Gasteiger partial charge on any atom is -0.393 e. The Balaban J connectivity index is 2.36. The molecule has 0 aliphatic carbocycles. The molecular formula is C13H9ClN4O2. The van der Waals surface area contributed by atoms with Gasteiger partial charge in [0, 0.05) is 16.8 Å². The summed E-state index contributed by atoms with van der Waals surface area (Å²) in [5.41, 5.74) is 6.93. The second-order valence-corrected chi connectivity index (χ2v) is 4.39. The second kappa shape index (κ2) is 5.47. The fourth-order valence-corrected chi connectivity index (χ4v) is 1.84. The zero-order chi connectivity index (χ0) is 14.7. The summed E-state index contributed by atoms with van der Waals surface area (Å²) in [4.78, 5) is 10.1. The van der Waals surface area contributed by atoms with Gasteiger partial charge < -0.3 is 11.1 Å². The van der Waals surface area contributed by atoms with Crippen LogP contribution >= 0.6 is 11.6 Å². The van der Waals surface area contributed by atoms with Crippen LogP contribution in [0.3, 0.4) is 0 Å². The van der Waals surface area contributed by atoms with Crippen molar-refractivity contribution < 1.29 is 4.92 Å². The van der Waals surface area contributed by atoms with Crippen molar-refractivity contribution in [3.05, 3.63) is 57.1 Å². The lowest BCUT2D eigenvalue weighted by Gasteiger charge is -2.09. The highest BCUT2D eigenvalue weighted by molar-refractivity contribution is 6.30. The molecule has 0 spiro atoms. The predicted molar refractivity (Wildman–Crippen MR) is 77.0 cm³/mol. The van der Waals surface area contributed by atoms with Gasteiger partial charge in [0.05, 0.1) is 16.2 Å². The summed E-state index contributed by atoms with van der Waals surface area (Å²) in [7, 11) is 0. The van der Waals surface area contributed by atoms with E-state index in [0.717, 1.165) is 0 Å². The van der Waals surface area contributed by atoms with Gasteiger partial charge in [-0.15, -0.1) is 0 Å². The Kier molecular flexibility index (Phi) is 3.73. The molecule has 0 saturated heterocycles. The first-order valence-corrected chi connectivity index (χ1v) is 5.89. The van der Waals surface area contributed by atoms with Crippen molar-refractivity contribution >= 4 is 34.4 Å². The standard InChI is InChI=1S/C13H9ClN4O2/c14-9-2-1-8(7-15)12(5-9)17-10-3-4-13(18(19)20)11(16)6-10/h1-6,17H,16H2. The molecule has 100 valence electrons. The third kappa shape index (κ3) is 2.79. The number of anilines is 3. The molecule has 3 N–H and O–H groups in total. The van der Waals surface area contributed by atoms with E-state index in [9.17, 15) is 10.1 Å². The molecule has 20 heavy (non-hydrogen) atoms. The number of nitrogens with one attached hydrogen (secondary N) is 1. The fourth-order valence-electron chi connectivity index (χ4n) is 1.67. The van der Waals surface area contributed by atoms with Gasteiger partial charge in [0.25, 0.3) is 5.69 Å². The first kappa shape index (κ1) is 13.6. The van der Waals surface area contributed by atoms with Gasteiger partial charge >= 0.3 is 0 Å². The number of hydrogen-bond donors (Lipinski definition) is 2. The molecule has 0 aliphatic heterocycles. The molecule has 0 unspecified atom stereocenters. The van der Waals surface area contributed by atoms with Crippen LogP contribution in [-0.4, -0.2) is 4.92 Å². The van der Waals surface area contributed by atoms with Crippen LogP contribution in [0.25, 0.3) is 0 Å². The third-order valence-electron chi connectivity index (χ3n) is 2.61. The molecule has 0 saturated carbocycles. The topological polar surface area (TPSA) is 105 Å². The highest BCUT2D eigenvalue weighted by Crippen LogP contribution is 2.29. The molecule has 2 aromatic rings. The number of benzene rings is 2. The van der Waals surface area contributed by atoms with Crippen molar-refractivity contribution in [3.8, 4) is 6.07 Å². The van der Waals surface area contributed by atoms with Gasteiger partial charge in [-0.05, 0) is 30.3 Å². The van der Waals surface area contributed by atoms with Crippen LogP contribution in [0.2, 0.25) is 5.02 Å². The normalized spacial score (nSPS) is 9.80. The van der Waals surface area contributed by atoms with Crippen LogP contribution in [0.4, 0.5) is 22.7 Å². The molecular weight excluding hydrogens is 280 g/mol. The average molecular weight is 289 g/mol. The minimum atomic E-state index is -0.556. The van der Waals surface area contributed by atoms with Gasteiger partial charge in [-0.25, -0.2) is 0 Å². The lowest BCUT2D eigenvalue weighted by molar-refractivity contribution is -0.383. The largest absolute Gasteiger partial charge is 0.393 e. The maximum Gasteiger partial charge on any atom is 0.292 e. The Morgan fingerprint density at radius 3 is 2.65 bits per heavy atom. The average Bonchev–Trinajstić information content (AvgIpc) is 2.38. The summed E-state index contributed by atoms with van der Waals surface area (Å²) >= 11 is 5.87.